The van der Waals surface area contributed by atoms with Gasteiger partial charge in [-0.2, -0.15) is 0 Å². The van der Waals surface area contributed by atoms with E-state index in [1.807, 2.05) is 0 Å². The van der Waals surface area contributed by atoms with Crippen LogP contribution in [0.15, 0.2) is 24.3 Å². The molecular formula is C12H15NO3. The molecule has 2 rings (SSSR count). The summed E-state index contributed by atoms with van der Waals surface area (Å²) < 4.78 is 5.58. The van der Waals surface area contributed by atoms with Gasteiger partial charge in [-0.3, -0.25) is 4.79 Å². The maximum absolute atomic E-state index is 11.6. The number of rotatable bonds is 2. The first-order chi connectivity index (χ1) is 7.75. The molecule has 1 aliphatic rings. The van der Waals surface area contributed by atoms with Crippen molar-refractivity contribution < 1.29 is 14.6 Å². The van der Waals surface area contributed by atoms with Crippen LogP contribution in [0.2, 0.25) is 0 Å². The van der Waals surface area contributed by atoms with Crippen LogP contribution < -0.4 is 10.1 Å². The first-order valence-corrected chi connectivity index (χ1v) is 5.49. The minimum atomic E-state index is -0.410. The van der Waals surface area contributed by atoms with Gasteiger partial charge in [0.2, 0.25) is 0 Å². The molecule has 86 valence electrons. The Morgan fingerprint density at radius 2 is 2.00 bits per heavy atom. The molecule has 0 radical (unpaired) electrons. The van der Waals surface area contributed by atoms with Gasteiger partial charge in [0.05, 0.1) is 0 Å². The van der Waals surface area contributed by atoms with Gasteiger partial charge in [0, 0.05) is 6.54 Å². The first kappa shape index (κ1) is 10.8. The number of phenols is 1. The van der Waals surface area contributed by atoms with E-state index in [0.29, 0.717) is 5.75 Å². The fraction of sp³-hybridized carbons (Fsp3) is 0.417. The zero-order valence-corrected chi connectivity index (χ0v) is 8.98. The van der Waals surface area contributed by atoms with Crippen LogP contribution in [-0.4, -0.2) is 23.7 Å². The highest BCUT2D eigenvalue weighted by atomic mass is 16.5. The highest BCUT2D eigenvalue weighted by molar-refractivity contribution is 5.81. The lowest BCUT2D eigenvalue weighted by Crippen LogP contribution is -2.36. The molecule has 1 heterocycles. The van der Waals surface area contributed by atoms with Gasteiger partial charge in [-0.25, -0.2) is 0 Å². The Bertz CT molecular complexity index is 361. The fourth-order valence-corrected chi connectivity index (χ4v) is 1.71. The van der Waals surface area contributed by atoms with Crippen molar-refractivity contribution in [3.05, 3.63) is 24.3 Å². The number of carbonyl (C=O) groups excluding carboxylic acids is 1. The molecule has 2 N–H and O–H groups in total. The van der Waals surface area contributed by atoms with Gasteiger partial charge in [0.1, 0.15) is 11.5 Å². The van der Waals surface area contributed by atoms with E-state index in [1.165, 1.54) is 0 Å². The third-order valence-corrected chi connectivity index (χ3v) is 2.60. The van der Waals surface area contributed by atoms with Crippen LogP contribution in [0.3, 0.4) is 0 Å². The smallest absolute Gasteiger partial charge is 0.261 e. The molecule has 0 saturated carbocycles. The van der Waals surface area contributed by atoms with Crippen LogP contribution in [0.4, 0.5) is 0 Å². The molecular weight excluding hydrogens is 206 g/mol. The Morgan fingerprint density at radius 3 is 2.75 bits per heavy atom. The summed E-state index contributed by atoms with van der Waals surface area (Å²) >= 11 is 0. The molecule has 4 nitrogen and oxygen atoms in total. The topological polar surface area (TPSA) is 58.6 Å². The second-order valence-corrected chi connectivity index (χ2v) is 3.89. The van der Waals surface area contributed by atoms with Gasteiger partial charge < -0.3 is 15.2 Å². The van der Waals surface area contributed by atoms with Crippen molar-refractivity contribution in [2.75, 3.05) is 6.54 Å². The summed E-state index contributed by atoms with van der Waals surface area (Å²) in [5, 5.41) is 11.9. The van der Waals surface area contributed by atoms with Crippen molar-refractivity contribution in [2.24, 2.45) is 0 Å². The monoisotopic (exact) mass is 221 g/mol. The number of nitrogens with one attached hydrogen (secondary N) is 1. The van der Waals surface area contributed by atoms with Crippen LogP contribution in [-0.2, 0) is 4.79 Å². The maximum Gasteiger partial charge on any atom is 0.261 e. The molecule has 16 heavy (non-hydrogen) atoms. The third kappa shape index (κ3) is 2.66. The van der Waals surface area contributed by atoms with Gasteiger partial charge in [0.25, 0.3) is 5.91 Å². The van der Waals surface area contributed by atoms with E-state index in [4.69, 9.17) is 9.84 Å². The summed E-state index contributed by atoms with van der Waals surface area (Å²) in [4.78, 5) is 11.6. The lowest BCUT2D eigenvalue weighted by molar-refractivity contribution is -0.127. The molecule has 4 heteroatoms. The number of ether oxygens (including phenoxy) is 1. The number of aromatic hydroxyl groups is 1. The highest BCUT2D eigenvalue weighted by Gasteiger charge is 2.21. The normalized spacial score (nSPS) is 21.0. The Labute approximate surface area is 94.2 Å². The largest absolute Gasteiger partial charge is 0.508 e. The fourth-order valence-electron chi connectivity index (χ4n) is 1.71. The summed E-state index contributed by atoms with van der Waals surface area (Å²) in [6.07, 6.45) is 2.32. The molecule has 0 aromatic heterocycles. The summed E-state index contributed by atoms with van der Waals surface area (Å²) in [5.41, 5.74) is 0. The van der Waals surface area contributed by atoms with Crippen LogP contribution in [0, 0.1) is 0 Å². The lowest BCUT2D eigenvalue weighted by Gasteiger charge is -2.15. The molecule has 0 spiro atoms. The predicted octanol–water partition coefficient (Wildman–Crippen LogP) is 1.44. The average Bonchev–Trinajstić information content (AvgIpc) is 2.48. The molecule has 1 aromatic rings. The van der Waals surface area contributed by atoms with Crippen molar-refractivity contribution >= 4 is 5.91 Å². The van der Waals surface area contributed by atoms with E-state index in [-0.39, 0.29) is 11.7 Å². The molecule has 1 unspecified atom stereocenters. The Hall–Kier alpha value is -1.71. The number of phenolic OH excluding ortho intramolecular Hbond substituents is 1. The van der Waals surface area contributed by atoms with Crippen LogP contribution in [0.5, 0.6) is 11.5 Å². The van der Waals surface area contributed by atoms with Crippen LogP contribution in [0.25, 0.3) is 0 Å². The quantitative estimate of drug-likeness (QED) is 0.794. The molecule has 1 atom stereocenters. The molecule has 1 saturated heterocycles. The molecule has 0 bridgehead atoms. The van der Waals surface area contributed by atoms with E-state index in [1.54, 1.807) is 24.3 Å². The summed E-state index contributed by atoms with van der Waals surface area (Å²) in [5.74, 6) is 0.753. The van der Waals surface area contributed by atoms with Gasteiger partial charge in [-0.15, -0.1) is 0 Å². The molecule has 0 aliphatic carbocycles. The Morgan fingerprint density at radius 1 is 1.25 bits per heavy atom. The highest BCUT2D eigenvalue weighted by Crippen LogP contribution is 2.19. The summed E-state index contributed by atoms with van der Waals surface area (Å²) in [7, 11) is 0. The van der Waals surface area contributed by atoms with E-state index in [2.05, 4.69) is 5.32 Å². The van der Waals surface area contributed by atoms with Crippen molar-refractivity contribution in [1.29, 1.82) is 0 Å². The Balaban J connectivity index is 2.02. The number of hydrogen-bond donors (Lipinski definition) is 2. The third-order valence-electron chi connectivity index (χ3n) is 2.60. The van der Waals surface area contributed by atoms with Gasteiger partial charge in [0.15, 0.2) is 6.10 Å². The zero-order chi connectivity index (χ0) is 11.4. The second kappa shape index (κ2) is 4.88. The number of benzene rings is 1. The van der Waals surface area contributed by atoms with Crippen LogP contribution in [0.1, 0.15) is 19.3 Å². The van der Waals surface area contributed by atoms with Crippen molar-refractivity contribution in [3.63, 3.8) is 0 Å². The zero-order valence-electron chi connectivity index (χ0n) is 8.98. The van der Waals surface area contributed by atoms with Crippen molar-refractivity contribution in [3.8, 4) is 11.5 Å². The van der Waals surface area contributed by atoms with Gasteiger partial charge in [-0.1, -0.05) is 0 Å². The number of hydrogen-bond acceptors (Lipinski definition) is 3. The molecule has 1 amide bonds. The van der Waals surface area contributed by atoms with Crippen molar-refractivity contribution in [1.82, 2.24) is 5.32 Å². The second-order valence-electron chi connectivity index (χ2n) is 3.89. The standard InChI is InChI=1S/C12H15NO3/c14-9-4-6-10(7-5-9)16-11-3-1-2-8-13-12(11)15/h4-7,11,14H,1-3,8H2,(H,13,15). The van der Waals surface area contributed by atoms with E-state index in [0.717, 1.165) is 25.8 Å². The van der Waals surface area contributed by atoms with E-state index < -0.39 is 6.10 Å². The number of amides is 1. The first-order valence-electron chi connectivity index (χ1n) is 5.49. The Kier molecular flexibility index (Phi) is 3.29. The summed E-state index contributed by atoms with van der Waals surface area (Å²) in [6, 6.07) is 6.41. The van der Waals surface area contributed by atoms with Gasteiger partial charge >= 0.3 is 0 Å². The average molecular weight is 221 g/mol. The molecule has 1 aromatic carbocycles. The van der Waals surface area contributed by atoms with E-state index in [9.17, 15) is 4.79 Å². The number of carbonyl (C=O) groups is 1. The lowest BCUT2D eigenvalue weighted by atomic mass is 10.2. The van der Waals surface area contributed by atoms with E-state index >= 15 is 0 Å². The summed E-state index contributed by atoms with van der Waals surface area (Å²) in [6.45, 7) is 0.730. The van der Waals surface area contributed by atoms with Crippen LogP contribution >= 0.6 is 0 Å². The van der Waals surface area contributed by atoms with Gasteiger partial charge in [-0.05, 0) is 43.5 Å². The molecule has 1 aliphatic heterocycles. The van der Waals surface area contributed by atoms with Crippen molar-refractivity contribution in [2.45, 2.75) is 25.4 Å². The SMILES string of the molecule is O=C1NCCCCC1Oc1ccc(O)cc1. The molecule has 1 fully saturated rings. The minimum Gasteiger partial charge on any atom is -0.508 e. The maximum atomic E-state index is 11.6. The predicted molar refractivity (Wildman–Crippen MR) is 59.4 cm³/mol. The minimum absolute atomic E-state index is 0.0504.